The van der Waals surface area contributed by atoms with Crippen LogP contribution in [0.4, 0.5) is 0 Å². The van der Waals surface area contributed by atoms with Crippen molar-refractivity contribution in [1.29, 1.82) is 0 Å². The Morgan fingerprint density at radius 1 is 1.28 bits per heavy atom. The molecule has 1 aliphatic heterocycles. The van der Waals surface area contributed by atoms with E-state index in [0.29, 0.717) is 19.8 Å². The molecular weight excluding hydrogens is 316 g/mol. The zero-order chi connectivity index (χ0) is 17.6. The van der Waals surface area contributed by atoms with Gasteiger partial charge >= 0.3 is 0 Å². The number of benzene rings is 1. The molecule has 1 amide bonds. The lowest BCUT2D eigenvalue weighted by atomic mass is 9.82. The molecule has 0 aromatic heterocycles. The van der Waals surface area contributed by atoms with Crippen LogP contribution >= 0.6 is 0 Å². The monoisotopic (exact) mass is 346 g/mol. The summed E-state index contributed by atoms with van der Waals surface area (Å²) >= 11 is 0. The van der Waals surface area contributed by atoms with Gasteiger partial charge in [-0.3, -0.25) is 9.69 Å². The molecule has 5 nitrogen and oxygen atoms in total. The summed E-state index contributed by atoms with van der Waals surface area (Å²) in [5.74, 6) is 0.307. The second-order valence-corrected chi connectivity index (χ2v) is 7.08. The third-order valence-electron chi connectivity index (χ3n) is 5.33. The summed E-state index contributed by atoms with van der Waals surface area (Å²) < 4.78 is 5.27. The summed E-state index contributed by atoms with van der Waals surface area (Å²) in [6, 6.07) is 8.39. The predicted octanol–water partition coefficient (Wildman–Crippen LogP) is 1.65. The molecule has 138 valence electrons. The summed E-state index contributed by atoms with van der Waals surface area (Å²) in [5.41, 5.74) is 2.57. The normalized spacial score (nSPS) is 22.5. The Morgan fingerprint density at radius 3 is 2.80 bits per heavy atom. The number of hydrogen-bond acceptors (Lipinski definition) is 4. The van der Waals surface area contributed by atoms with Gasteiger partial charge in [-0.15, -0.1) is 0 Å². The van der Waals surface area contributed by atoms with Gasteiger partial charge < -0.3 is 14.7 Å². The van der Waals surface area contributed by atoms with Gasteiger partial charge in [0.05, 0.1) is 18.6 Å². The van der Waals surface area contributed by atoms with Crippen LogP contribution in [0, 0.1) is 0 Å². The molecule has 1 aromatic carbocycles. The second-order valence-electron chi connectivity index (χ2n) is 7.08. The minimum absolute atomic E-state index is 0.0278. The van der Waals surface area contributed by atoms with E-state index in [2.05, 4.69) is 23.1 Å². The summed E-state index contributed by atoms with van der Waals surface area (Å²) in [6.07, 6.45) is 2.69. The molecule has 0 unspecified atom stereocenters. The summed E-state index contributed by atoms with van der Waals surface area (Å²) in [5, 5.41) is 9.97. The number of nitrogens with zero attached hydrogens (tertiary/aromatic N) is 2. The average Bonchev–Trinajstić information content (AvgIpc) is 2.66. The molecule has 2 aliphatic rings. The lowest BCUT2D eigenvalue weighted by Crippen LogP contribution is -2.52. The number of rotatable bonds is 6. The van der Waals surface area contributed by atoms with E-state index in [9.17, 15) is 9.90 Å². The van der Waals surface area contributed by atoms with Gasteiger partial charge in [0.1, 0.15) is 0 Å². The largest absolute Gasteiger partial charge is 0.389 e. The molecule has 0 bridgehead atoms. The van der Waals surface area contributed by atoms with Crippen molar-refractivity contribution in [3.63, 3.8) is 0 Å². The minimum atomic E-state index is -0.451. The van der Waals surface area contributed by atoms with Crippen molar-refractivity contribution < 1.29 is 14.6 Å². The molecule has 0 saturated carbocycles. The summed E-state index contributed by atoms with van der Waals surface area (Å²) in [6.45, 7) is 6.70. The van der Waals surface area contributed by atoms with E-state index >= 15 is 0 Å². The fourth-order valence-electron chi connectivity index (χ4n) is 3.99. The number of aliphatic hydroxyl groups excluding tert-OH is 1. The maximum atomic E-state index is 13.0. The fraction of sp³-hybridized carbons (Fsp3) is 0.650. The number of carbonyl (C=O) groups is 1. The van der Waals surface area contributed by atoms with E-state index in [1.165, 1.54) is 11.1 Å². The molecule has 1 aromatic rings. The first-order valence-electron chi connectivity index (χ1n) is 9.53. The molecule has 0 radical (unpaired) electrons. The van der Waals surface area contributed by atoms with Gasteiger partial charge in [-0.2, -0.15) is 0 Å². The van der Waals surface area contributed by atoms with Crippen molar-refractivity contribution in [1.82, 2.24) is 9.80 Å². The Balaban J connectivity index is 1.52. The van der Waals surface area contributed by atoms with Crippen LogP contribution in [0.1, 0.15) is 36.8 Å². The highest BCUT2D eigenvalue weighted by atomic mass is 16.5. The van der Waals surface area contributed by atoms with Gasteiger partial charge in [-0.05, 0) is 37.3 Å². The molecule has 5 heteroatoms. The van der Waals surface area contributed by atoms with Crippen LogP contribution in [0.5, 0.6) is 0 Å². The maximum absolute atomic E-state index is 13.0. The van der Waals surface area contributed by atoms with Gasteiger partial charge in [-0.1, -0.05) is 24.3 Å². The summed E-state index contributed by atoms with van der Waals surface area (Å²) in [4.78, 5) is 17.3. The van der Waals surface area contributed by atoms with Crippen LogP contribution in [0.2, 0.25) is 0 Å². The highest BCUT2D eigenvalue weighted by Crippen LogP contribution is 2.33. The Morgan fingerprint density at radius 2 is 2.04 bits per heavy atom. The van der Waals surface area contributed by atoms with Crippen LogP contribution in [0.25, 0.3) is 0 Å². The summed E-state index contributed by atoms with van der Waals surface area (Å²) in [7, 11) is 0. The van der Waals surface area contributed by atoms with Gasteiger partial charge in [-0.25, -0.2) is 0 Å². The number of β-amino-alcohol motifs (C(OH)–C–C–N with tert-alkyl or cyclic N) is 1. The second kappa shape index (κ2) is 8.79. The highest BCUT2D eigenvalue weighted by Gasteiger charge is 2.31. The number of hydrogen-bond donors (Lipinski definition) is 1. The van der Waals surface area contributed by atoms with Crippen LogP contribution < -0.4 is 0 Å². The van der Waals surface area contributed by atoms with E-state index < -0.39 is 6.10 Å². The Bertz CT molecular complexity index is 570. The fourth-order valence-corrected chi connectivity index (χ4v) is 3.99. The molecule has 1 N–H and O–H groups in total. The molecule has 1 saturated heterocycles. The van der Waals surface area contributed by atoms with Gasteiger partial charge in [0.15, 0.2) is 0 Å². The smallest absolute Gasteiger partial charge is 0.230 e. The highest BCUT2D eigenvalue weighted by molar-refractivity contribution is 5.84. The predicted molar refractivity (Wildman–Crippen MR) is 97.6 cm³/mol. The number of ether oxygens (including phenoxy) is 1. The third kappa shape index (κ3) is 4.60. The van der Waals surface area contributed by atoms with Crippen molar-refractivity contribution in [3.05, 3.63) is 35.4 Å². The van der Waals surface area contributed by atoms with Gasteiger partial charge in [0, 0.05) is 39.3 Å². The van der Waals surface area contributed by atoms with Crippen molar-refractivity contribution in [2.24, 2.45) is 0 Å². The van der Waals surface area contributed by atoms with Gasteiger partial charge in [0.25, 0.3) is 0 Å². The van der Waals surface area contributed by atoms with Crippen LogP contribution in [0.15, 0.2) is 24.3 Å². The van der Waals surface area contributed by atoms with Crippen molar-refractivity contribution >= 4 is 5.91 Å². The SMILES string of the molecule is CCOC[C@@H](O)CN1CCN(C(=O)[C@H]2CCCc3ccccc32)CC1. The third-order valence-corrected chi connectivity index (χ3v) is 5.33. The van der Waals surface area contributed by atoms with E-state index in [1.54, 1.807) is 0 Å². The van der Waals surface area contributed by atoms with Crippen LogP contribution in [-0.4, -0.2) is 72.9 Å². The molecule has 1 aliphatic carbocycles. The molecule has 0 spiro atoms. The molecule has 3 rings (SSSR count). The Labute approximate surface area is 150 Å². The standard InChI is InChI=1S/C20H30N2O3/c1-2-25-15-17(23)14-21-10-12-22(13-11-21)20(24)19-9-5-7-16-6-3-4-8-18(16)19/h3-4,6,8,17,19,23H,2,5,7,9-15H2,1H3/t17-,19-/m0/s1. The van der Waals surface area contributed by atoms with E-state index in [0.717, 1.165) is 45.4 Å². The van der Waals surface area contributed by atoms with Crippen LogP contribution in [-0.2, 0) is 16.0 Å². The first-order chi connectivity index (χ1) is 12.2. The van der Waals surface area contributed by atoms with Crippen molar-refractivity contribution in [2.45, 2.75) is 38.2 Å². The number of amides is 1. The molecule has 25 heavy (non-hydrogen) atoms. The number of piperazine rings is 1. The average molecular weight is 346 g/mol. The number of fused-ring (bicyclic) bond motifs is 1. The van der Waals surface area contributed by atoms with Gasteiger partial charge in [0.2, 0.25) is 5.91 Å². The van der Waals surface area contributed by atoms with E-state index in [1.807, 2.05) is 17.9 Å². The lowest BCUT2D eigenvalue weighted by Gasteiger charge is -2.38. The molecule has 1 fully saturated rings. The first-order valence-corrected chi connectivity index (χ1v) is 9.53. The number of aliphatic hydroxyl groups is 1. The zero-order valence-electron chi connectivity index (χ0n) is 15.2. The molecule has 2 atom stereocenters. The quantitative estimate of drug-likeness (QED) is 0.851. The molecule has 1 heterocycles. The minimum Gasteiger partial charge on any atom is -0.389 e. The topological polar surface area (TPSA) is 53.0 Å². The molecular formula is C20H30N2O3. The van der Waals surface area contributed by atoms with Crippen LogP contribution in [0.3, 0.4) is 0 Å². The van der Waals surface area contributed by atoms with Crippen molar-refractivity contribution in [3.8, 4) is 0 Å². The Hall–Kier alpha value is -1.43. The first kappa shape index (κ1) is 18.4. The number of carbonyl (C=O) groups excluding carboxylic acids is 1. The zero-order valence-corrected chi connectivity index (χ0v) is 15.2. The van der Waals surface area contributed by atoms with Crippen molar-refractivity contribution in [2.75, 3.05) is 45.9 Å². The lowest BCUT2D eigenvalue weighted by molar-refractivity contribution is -0.135. The van der Waals surface area contributed by atoms with E-state index in [-0.39, 0.29) is 11.8 Å². The number of aryl methyl sites for hydroxylation is 1. The Kier molecular flexibility index (Phi) is 6.45. The maximum Gasteiger partial charge on any atom is 0.230 e. The van der Waals surface area contributed by atoms with E-state index in [4.69, 9.17) is 4.74 Å².